The summed E-state index contributed by atoms with van der Waals surface area (Å²) in [5, 5.41) is 0.984. The number of rotatable bonds is 4. The molecule has 0 saturated carbocycles. The minimum Gasteiger partial charge on any atom is -0.356 e. The molecule has 0 atom stereocenters. The van der Waals surface area contributed by atoms with Crippen LogP contribution in [-0.2, 0) is 6.54 Å². The van der Waals surface area contributed by atoms with E-state index in [1.165, 1.54) is 0 Å². The summed E-state index contributed by atoms with van der Waals surface area (Å²) >= 11 is 0. The SMILES string of the molecule is Cc1nc(N2CCC(Cn3cnc(-c4cccnc4)cc3=O)CC2)c2cccnc2n1. The van der Waals surface area contributed by atoms with Gasteiger partial charge >= 0.3 is 0 Å². The Kier molecular flexibility index (Phi) is 5.11. The first-order valence-electron chi connectivity index (χ1n) is 10.5. The maximum Gasteiger partial charge on any atom is 0.253 e. The minimum atomic E-state index is -0.0280. The second-order valence-electron chi connectivity index (χ2n) is 7.91. The Balaban J connectivity index is 1.28. The van der Waals surface area contributed by atoms with Gasteiger partial charge in [-0.3, -0.25) is 14.3 Å². The zero-order valence-corrected chi connectivity index (χ0v) is 17.3. The van der Waals surface area contributed by atoms with Crippen molar-refractivity contribution in [2.75, 3.05) is 18.0 Å². The van der Waals surface area contributed by atoms with Crippen LogP contribution in [0.25, 0.3) is 22.3 Å². The zero-order valence-electron chi connectivity index (χ0n) is 17.3. The third kappa shape index (κ3) is 4.01. The van der Waals surface area contributed by atoms with E-state index in [-0.39, 0.29) is 5.56 Å². The first-order chi connectivity index (χ1) is 15.2. The molecule has 1 fully saturated rings. The molecule has 0 radical (unpaired) electrons. The monoisotopic (exact) mass is 413 g/mol. The molecule has 0 unspecified atom stereocenters. The van der Waals surface area contributed by atoms with Gasteiger partial charge in [0.05, 0.1) is 17.4 Å². The van der Waals surface area contributed by atoms with Crippen LogP contribution in [0.4, 0.5) is 5.82 Å². The Labute approximate surface area is 179 Å². The summed E-state index contributed by atoms with van der Waals surface area (Å²) in [6, 6.07) is 9.29. The molecule has 1 aliphatic rings. The lowest BCUT2D eigenvalue weighted by Gasteiger charge is -2.33. The maximum atomic E-state index is 12.6. The molecule has 4 aromatic heterocycles. The van der Waals surface area contributed by atoms with Crippen molar-refractivity contribution in [3.8, 4) is 11.3 Å². The fourth-order valence-corrected chi connectivity index (χ4v) is 4.13. The molecule has 0 spiro atoms. The number of nitrogens with zero attached hydrogens (tertiary/aromatic N) is 7. The molecule has 0 amide bonds. The Morgan fingerprint density at radius 1 is 1.06 bits per heavy atom. The number of pyridine rings is 2. The third-order valence-electron chi connectivity index (χ3n) is 5.77. The van der Waals surface area contributed by atoms with Crippen LogP contribution >= 0.6 is 0 Å². The van der Waals surface area contributed by atoms with Crippen LogP contribution in [-0.4, -0.2) is 42.6 Å². The smallest absolute Gasteiger partial charge is 0.253 e. The van der Waals surface area contributed by atoms with E-state index in [2.05, 4.69) is 24.8 Å². The number of fused-ring (bicyclic) bond motifs is 1. The highest BCUT2D eigenvalue weighted by Gasteiger charge is 2.23. The van der Waals surface area contributed by atoms with E-state index in [4.69, 9.17) is 4.98 Å². The van der Waals surface area contributed by atoms with Crippen molar-refractivity contribution < 1.29 is 0 Å². The highest BCUT2D eigenvalue weighted by molar-refractivity contribution is 5.86. The summed E-state index contributed by atoms with van der Waals surface area (Å²) in [5.74, 6) is 2.11. The molecular formula is C23H23N7O. The Hall–Kier alpha value is -3.68. The van der Waals surface area contributed by atoms with Crippen molar-refractivity contribution in [1.82, 2.24) is 29.5 Å². The lowest BCUT2D eigenvalue weighted by molar-refractivity contribution is 0.350. The van der Waals surface area contributed by atoms with Crippen LogP contribution in [0.1, 0.15) is 18.7 Å². The fourth-order valence-electron chi connectivity index (χ4n) is 4.13. The number of hydrogen-bond donors (Lipinski definition) is 0. The molecule has 8 heteroatoms. The lowest BCUT2D eigenvalue weighted by Crippen LogP contribution is -2.37. The molecule has 31 heavy (non-hydrogen) atoms. The Morgan fingerprint density at radius 2 is 1.90 bits per heavy atom. The van der Waals surface area contributed by atoms with Gasteiger partial charge < -0.3 is 4.90 Å². The van der Waals surface area contributed by atoms with Gasteiger partial charge in [-0.25, -0.2) is 19.9 Å². The normalized spacial score (nSPS) is 14.8. The summed E-state index contributed by atoms with van der Waals surface area (Å²) in [4.78, 5) is 37.0. The van der Waals surface area contributed by atoms with Gasteiger partial charge in [-0.2, -0.15) is 0 Å². The molecule has 5 heterocycles. The average molecular weight is 413 g/mol. The standard InChI is InChI=1S/C23H23N7O/c1-16-27-22-19(5-3-9-25-22)23(28-16)29-10-6-17(7-11-29)14-30-15-26-20(12-21(30)31)18-4-2-8-24-13-18/h2-5,8-9,12-13,15,17H,6-7,10-11,14H2,1H3. The maximum absolute atomic E-state index is 12.6. The summed E-state index contributed by atoms with van der Waals surface area (Å²) < 4.78 is 1.72. The van der Waals surface area contributed by atoms with E-state index in [1.54, 1.807) is 35.6 Å². The Bertz CT molecular complexity index is 1260. The van der Waals surface area contributed by atoms with Crippen LogP contribution in [0.15, 0.2) is 60.0 Å². The molecule has 0 aromatic carbocycles. The van der Waals surface area contributed by atoms with Gasteiger partial charge in [0.2, 0.25) is 0 Å². The predicted molar refractivity (Wildman–Crippen MR) is 119 cm³/mol. The average Bonchev–Trinajstić information content (AvgIpc) is 2.81. The van der Waals surface area contributed by atoms with Crippen molar-refractivity contribution in [1.29, 1.82) is 0 Å². The summed E-state index contributed by atoms with van der Waals surface area (Å²) in [5.41, 5.74) is 2.21. The molecule has 4 aromatic rings. The lowest BCUT2D eigenvalue weighted by atomic mass is 9.96. The van der Waals surface area contributed by atoms with Gasteiger partial charge in [-0.05, 0) is 49.9 Å². The van der Waals surface area contributed by atoms with E-state index in [0.717, 1.165) is 54.2 Å². The van der Waals surface area contributed by atoms with Gasteiger partial charge in [-0.1, -0.05) is 0 Å². The molecule has 1 saturated heterocycles. The van der Waals surface area contributed by atoms with Gasteiger partial charge in [-0.15, -0.1) is 0 Å². The van der Waals surface area contributed by atoms with Crippen LogP contribution in [0, 0.1) is 12.8 Å². The van der Waals surface area contributed by atoms with Gasteiger partial charge in [0.15, 0.2) is 5.65 Å². The van der Waals surface area contributed by atoms with Crippen molar-refractivity contribution in [2.45, 2.75) is 26.3 Å². The van der Waals surface area contributed by atoms with E-state index < -0.39 is 0 Å². The molecular weight excluding hydrogens is 390 g/mol. The minimum absolute atomic E-state index is 0.0280. The Morgan fingerprint density at radius 3 is 2.68 bits per heavy atom. The number of hydrogen-bond acceptors (Lipinski definition) is 7. The number of aromatic nitrogens is 6. The topological polar surface area (TPSA) is 89.7 Å². The van der Waals surface area contributed by atoms with E-state index in [1.807, 2.05) is 31.2 Å². The third-order valence-corrected chi connectivity index (χ3v) is 5.77. The molecule has 8 nitrogen and oxygen atoms in total. The van der Waals surface area contributed by atoms with Crippen molar-refractivity contribution in [3.63, 3.8) is 0 Å². The first kappa shape index (κ1) is 19.3. The fraction of sp³-hybridized carbons (Fsp3) is 0.304. The van der Waals surface area contributed by atoms with Crippen LogP contribution in [0.2, 0.25) is 0 Å². The van der Waals surface area contributed by atoms with Gasteiger partial charge in [0, 0.05) is 49.9 Å². The quantitative estimate of drug-likeness (QED) is 0.508. The van der Waals surface area contributed by atoms with Crippen molar-refractivity contribution in [3.05, 3.63) is 71.4 Å². The summed E-state index contributed by atoms with van der Waals surface area (Å²) in [7, 11) is 0. The van der Waals surface area contributed by atoms with E-state index in [0.29, 0.717) is 18.2 Å². The van der Waals surface area contributed by atoms with Gasteiger partial charge in [0.25, 0.3) is 5.56 Å². The largest absolute Gasteiger partial charge is 0.356 e. The van der Waals surface area contributed by atoms with Crippen LogP contribution in [0.3, 0.4) is 0 Å². The van der Waals surface area contributed by atoms with Crippen LogP contribution < -0.4 is 10.5 Å². The number of aryl methyl sites for hydroxylation is 1. The molecule has 1 aliphatic heterocycles. The second kappa shape index (κ2) is 8.22. The second-order valence-corrected chi connectivity index (χ2v) is 7.91. The number of piperidine rings is 1. The summed E-state index contributed by atoms with van der Waals surface area (Å²) in [6.07, 6.45) is 8.82. The molecule has 0 N–H and O–H groups in total. The highest BCUT2D eigenvalue weighted by Crippen LogP contribution is 2.27. The molecule has 0 aliphatic carbocycles. The zero-order chi connectivity index (χ0) is 21.2. The molecule has 156 valence electrons. The van der Waals surface area contributed by atoms with E-state index >= 15 is 0 Å². The van der Waals surface area contributed by atoms with Crippen molar-refractivity contribution >= 4 is 16.9 Å². The van der Waals surface area contributed by atoms with Crippen molar-refractivity contribution in [2.24, 2.45) is 5.92 Å². The summed E-state index contributed by atoms with van der Waals surface area (Å²) in [6.45, 7) is 4.36. The predicted octanol–water partition coefficient (Wildman–Crippen LogP) is 2.87. The molecule has 0 bridgehead atoms. The van der Waals surface area contributed by atoms with Crippen LogP contribution in [0.5, 0.6) is 0 Å². The van der Waals surface area contributed by atoms with Gasteiger partial charge in [0.1, 0.15) is 11.6 Å². The molecule has 5 rings (SSSR count). The van der Waals surface area contributed by atoms with E-state index in [9.17, 15) is 4.79 Å². The number of anilines is 1. The highest BCUT2D eigenvalue weighted by atomic mass is 16.1. The first-order valence-corrected chi connectivity index (χ1v) is 10.5.